The highest BCUT2D eigenvalue weighted by Crippen LogP contribution is 2.64. The van der Waals surface area contributed by atoms with Crippen LogP contribution in [0.3, 0.4) is 0 Å². The highest BCUT2D eigenvalue weighted by molar-refractivity contribution is 5.56. The van der Waals surface area contributed by atoms with Gasteiger partial charge in [0.05, 0.1) is 65.1 Å². The fourth-order valence-corrected chi connectivity index (χ4v) is 8.40. The predicted octanol–water partition coefficient (Wildman–Crippen LogP) is -0.289. The number of fused-ring (bicyclic) bond motifs is 1. The van der Waals surface area contributed by atoms with Gasteiger partial charge in [0.1, 0.15) is 48.8 Å². The highest BCUT2D eigenvalue weighted by atomic mass is 16.7. The van der Waals surface area contributed by atoms with E-state index in [1.54, 1.807) is 24.3 Å². The minimum absolute atomic E-state index is 0.0434. The first-order chi connectivity index (χ1) is 26.5. The van der Waals surface area contributed by atoms with Crippen molar-refractivity contribution in [2.24, 2.45) is 11.8 Å². The van der Waals surface area contributed by atoms with Crippen molar-refractivity contribution in [3.8, 4) is 34.5 Å². The van der Waals surface area contributed by atoms with Gasteiger partial charge in [0, 0.05) is 11.8 Å². The summed E-state index contributed by atoms with van der Waals surface area (Å²) < 4.78 is 59.7. The topological polar surface area (TPSA) is 254 Å². The van der Waals surface area contributed by atoms with E-state index in [9.17, 15) is 40.9 Å². The summed E-state index contributed by atoms with van der Waals surface area (Å²) in [6.07, 6.45) is -16.3. The van der Waals surface area contributed by atoms with E-state index in [1.165, 1.54) is 28.4 Å². The molecule has 18 heteroatoms. The summed E-state index contributed by atoms with van der Waals surface area (Å²) in [6.45, 7) is 6.62. The van der Waals surface area contributed by atoms with E-state index < -0.39 is 98.0 Å². The average Bonchev–Trinajstić information content (AvgIpc) is 3.65. The standard InChI is InChI=1S/C38H54O18/c1-37(2)23-24(32(55-37)16-11-19(49-7)34(20(12-16)50-8)54-36-30(46)28(44)26(42)22(14-40)52-36)38(3,4)56-31(23)15-9-17(47-5)33(18(10-15)48-6)53-35-29(45)27(43)25(41)21(13-39)51-35/h9-12,21-32,35-36,39-46H,13-14H2,1-8H3/t21-,22-,23+,24+,25-,26-,27+,28+,29-,30-,31-,32-,35+,36+/m1/s1. The summed E-state index contributed by atoms with van der Waals surface area (Å²) in [5.74, 6) is 0.326. The number of aliphatic hydroxyl groups is 8. The first kappa shape index (κ1) is 42.4. The SMILES string of the molecule is COc1cc([C@H]2OC(C)(C)[C@H]3[C@@H]2C(C)(C)O[C@@H]3c2cc(OC)c(O[C@@H]3O[C@H](CO)[C@@H](O)[C@H](O)[C@H]3O)c(OC)c2)cc(OC)c1O[C@@H]1O[C@H](CO)[C@@H](O)[C@H](O)[C@H]1O. The molecule has 4 aliphatic heterocycles. The second kappa shape index (κ2) is 16.2. The maximum Gasteiger partial charge on any atom is 0.229 e. The van der Waals surface area contributed by atoms with Crippen LogP contribution in [-0.2, 0) is 18.9 Å². The van der Waals surface area contributed by atoms with Gasteiger partial charge in [-0.1, -0.05) is 0 Å². The first-order valence-electron chi connectivity index (χ1n) is 18.3. The van der Waals surface area contributed by atoms with Gasteiger partial charge in [0.2, 0.25) is 24.1 Å². The molecule has 0 radical (unpaired) electrons. The van der Waals surface area contributed by atoms with Gasteiger partial charge in [-0.05, 0) is 63.1 Å². The molecule has 2 aromatic carbocycles. The molecule has 6 rings (SSSR count). The van der Waals surface area contributed by atoms with Crippen molar-refractivity contribution in [1.82, 2.24) is 0 Å². The number of hydrogen-bond acceptors (Lipinski definition) is 18. The molecule has 0 aliphatic carbocycles. The van der Waals surface area contributed by atoms with Crippen LogP contribution in [0.15, 0.2) is 24.3 Å². The summed E-state index contributed by atoms with van der Waals surface area (Å²) in [4.78, 5) is 0. The Kier molecular flexibility index (Phi) is 12.2. The van der Waals surface area contributed by atoms with Crippen LogP contribution in [0.2, 0.25) is 0 Å². The molecule has 0 amide bonds. The third kappa shape index (κ3) is 7.35. The van der Waals surface area contributed by atoms with E-state index in [2.05, 4.69) is 0 Å². The van der Waals surface area contributed by atoms with Crippen molar-refractivity contribution in [2.45, 2.75) is 113 Å². The molecule has 18 nitrogen and oxygen atoms in total. The first-order valence-corrected chi connectivity index (χ1v) is 18.3. The summed E-state index contributed by atoms with van der Waals surface area (Å²) in [6, 6.07) is 6.86. The Balaban J connectivity index is 1.32. The van der Waals surface area contributed by atoms with E-state index in [0.717, 1.165) is 0 Å². The Morgan fingerprint density at radius 3 is 1.07 bits per heavy atom. The molecule has 4 saturated heterocycles. The zero-order valence-electron chi connectivity index (χ0n) is 32.5. The second-order valence-electron chi connectivity index (χ2n) is 15.5. The van der Waals surface area contributed by atoms with Gasteiger partial charge in [-0.15, -0.1) is 0 Å². The van der Waals surface area contributed by atoms with Crippen molar-refractivity contribution in [3.05, 3.63) is 35.4 Å². The smallest absolute Gasteiger partial charge is 0.229 e. The molecule has 4 aliphatic rings. The molecule has 4 heterocycles. The van der Waals surface area contributed by atoms with Gasteiger partial charge < -0.3 is 88.2 Å². The third-order valence-corrected chi connectivity index (χ3v) is 11.3. The molecular weight excluding hydrogens is 744 g/mol. The van der Waals surface area contributed by atoms with Crippen molar-refractivity contribution in [1.29, 1.82) is 0 Å². The Bertz CT molecular complexity index is 1510. The molecule has 0 saturated carbocycles. The maximum absolute atomic E-state index is 10.7. The number of methoxy groups -OCH3 is 4. The molecule has 0 unspecified atom stereocenters. The summed E-state index contributed by atoms with van der Waals surface area (Å²) in [7, 11) is 5.69. The molecule has 14 atom stereocenters. The number of hydrogen-bond donors (Lipinski definition) is 8. The highest BCUT2D eigenvalue weighted by Gasteiger charge is 2.64. The average molecular weight is 799 g/mol. The number of rotatable bonds is 12. The fraction of sp³-hybridized carbons (Fsp3) is 0.684. The van der Waals surface area contributed by atoms with Crippen LogP contribution in [-0.4, -0.2) is 155 Å². The van der Waals surface area contributed by atoms with Crippen LogP contribution < -0.4 is 28.4 Å². The molecule has 314 valence electrons. The Hall–Kier alpha value is -3.24. The fourth-order valence-electron chi connectivity index (χ4n) is 8.40. The predicted molar refractivity (Wildman–Crippen MR) is 191 cm³/mol. The van der Waals surface area contributed by atoms with E-state index in [4.69, 9.17) is 47.4 Å². The molecule has 4 fully saturated rings. The van der Waals surface area contributed by atoms with Crippen molar-refractivity contribution >= 4 is 0 Å². The minimum atomic E-state index is -1.67. The Labute approximate surface area is 323 Å². The van der Waals surface area contributed by atoms with Gasteiger partial charge in [-0.3, -0.25) is 0 Å². The largest absolute Gasteiger partial charge is 0.493 e. The Morgan fingerprint density at radius 2 is 0.804 bits per heavy atom. The Morgan fingerprint density at radius 1 is 0.500 bits per heavy atom. The molecule has 56 heavy (non-hydrogen) atoms. The maximum atomic E-state index is 10.7. The number of aliphatic hydroxyl groups excluding tert-OH is 8. The molecular formula is C38H54O18. The molecule has 0 aromatic heterocycles. The minimum Gasteiger partial charge on any atom is -0.493 e. The zero-order valence-corrected chi connectivity index (χ0v) is 32.5. The van der Waals surface area contributed by atoms with Gasteiger partial charge in [0.25, 0.3) is 0 Å². The quantitative estimate of drug-likeness (QED) is 0.137. The number of benzene rings is 2. The van der Waals surface area contributed by atoms with Crippen LogP contribution in [0.4, 0.5) is 0 Å². The summed E-state index contributed by atoms with van der Waals surface area (Å²) >= 11 is 0. The van der Waals surface area contributed by atoms with Crippen LogP contribution in [0.1, 0.15) is 51.0 Å². The van der Waals surface area contributed by atoms with Crippen molar-refractivity contribution < 1.29 is 88.2 Å². The van der Waals surface area contributed by atoms with Crippen LogP contribution >= 0.6 is 0 Å². The zero-order chi connectivity index (χ0) is 41.0. The van der Waals surface area contributed by atoms with Crippen LogP contribution in [0.5, 0.6) is 34.5 Å². The third-order valence-electron chi connectivity index (χ3n) is 11.3. The van der Waals surface area contributed by atoms with Gasteiger partial charge in [0.15, 0.2) is 23.0 Å². The van der Waals surface area contributed by atoms with Crippen molar-refractivity contribution in [2.75, 3.05) is 41.7 Å². The monoisotopic (exact) mass is 798 g/mol. The van der Waals surface area contributed by atoms with E-state index in [1.807, 2.05) is 27.7 Å². The van der Waals surface area contributed by atoms with Gasteiger partial charge in [-0.2, -0.15) is 0 Å². The lowest BCUT2D eigenvalue weighted by Crippen LogP contribution is -2.60. The van der Waals surface area contributed by atoms with Crippen LogP contribution in [0, 0.1) is 11.8 Å². The lowest BCUT2D eigenvalue weighted by molar-refractivity contribution is -0.277. The van der Waals surface area contributed by atoms with Gasteiger partial charge >= 0.3 is 0 Å². The molecule has 0 spiro atoms. The molecule has 0 bridgehead atoms. The van der Waals surface area contributed by atoms with E-state index in [-0.39, 0.29) is 46.3 Å². The van der Waals surface area contributed by atoms with E-state index >= 15 is 0 Å². The normalized spacial score (nSPS) is 37.4. The molecule has 2 aromatic rings. The summed E-state index contributed by atoms with van der Waals surface area (Å²) in [5, 5.41) is 81.8. The van der Waals surface area contributed by atoms with Gasteiger partial charge in [-0.25, -0.2) is 0 Å². The van der Waals surface area contributed by atoms with E-state index in [0.29, 0.717) is 11.1 Å². The molecule has 8 N–H and O–H groups in total. The van der Waals surface area contributed by atoms with Crippen molar-refractivity contribution in [3.63, 3.8) is 0 Å². The number of ether oxygens (including phenoxy) is 10. The summed E-state index contributed by atoms with van der Waals surface area (Å²) in [5.41, 5.74) is -0.246. The lowest BCUT2D eigenvalue weighted by Gasteiger charge is -2.39. The van der Waals surface area contributed by atoms with Crippen LogP contribution in [0.25, 0.3) is 0 Å². The second-order valence-corrected chi connectivity index (χ2v) is 15.5. The lowest BCUT2D eigenvalue weighted by atomic mass is 9.71.